The first-order valence-electron chi connectivity index (χ1n) is 10.0. The maximum Gasteiger partial charge on any atom is 0.266 e. The number of fused-ring (bicyclic) bond motifs is 2. The predicted octanol–water partition coefficient (Wildman–Crippen LogP) is 4.87. The summed E-state index contributed by atoms with van der Waals surface area (Å²) < 4.78 is 19.2. The largest absolute Gasteiger partial charge is 0.427 e. The Bertz CT molecular complexity index is 1200. The van der Waals surface area contributed by atoms with Crippen molar-refractivity contribution in [3.05, 3.63) is 58.8 Å². The quantitative estimate of drug-likeness (QED) is 0.461. The molecule has 0 spiro atoms. The predicted molar refractivity (Wildman–Crippen MR) is 117 cm³/mol. The monoisotopic (exact) mass is 410 g/mol. The SMILES string of the molecule is Fc1ccc2[nH]cc(CCCN3CCN(c4cccc5[nH]c(=S)oc45)CC3)c2c1. The minimum absolute atomic E-state index is 0.179. The van der Waals surface area contributed by atoms with Gasteiger partial charge in [0.15, 0.2) is 5.58 Å². The molecule has 1 fully saturated rings. The summed E-state index contributed by atoms with van der Waals surface area (Å²) in [6.45, 7) is 5.01. The van der Waals surface area contributed by atoms with E-state index >= 15 is 0 Å². The van der Waals surface area contributed by atoms with E-state index in [0.717, 1.165) is 73.3 Å². The van der Waals surface area contributed by atoms with Gasteiger partial charge in [0.1, 0.15) is 5.82 Å². The number of hydrogen-bond acceptors (Lipinski definition) is 4. The number of H-pyrrole nitrogens is 2. The third kappa shape index (κ3) is 3.68. The second kappa shape index (κ2) is 7.65. The van der Waals surface area contributed by atoms with Crippen molar-refractivity contribution in [3.63, 3.8) is 0 Å². The standard InChI is InChI=1S/C22H23FN4OS/c23-16-6-7-18-17(13-16)15(14-24-18)3-2-8-26-9-11-27(12-10-26)20-5-1-4-19-21(20)28-22(29)25-19/h1,4-7,13-14,24H,2-3,8-12H2,(H,25,29). The van der Waals surface area contributed by atoms with E-state index in [-0.39, 0.29) is 5.82 Å². The number of aryl methyl sites for hydroxylation is 1. The van der Waals surface area contributed by atoms with Crippen molar-refractivity contribution in [2.24, 2.45) is 0 Å². The molecule has 1 saturated heterocycles. The fraction of sp³-hybridized carbons (Fsp3) is 0.318. The summed E-state index contributed by atoms with van der Waals surface area (Å²) in [4.78, 5) is 11.6. The van der Waals surface area contributed by atoms with Crippen LogP contribution in [0.25, 0.3) is 22.0 Å². The molecule has 0 amide bonds. The summed E-state index contributed by atoms with van der Waals surface area (Å²) in [6.07, 6.45) is 4.02. The van der Waals surface area contributed by atoms with Crippen LogP contribution < -0.4 is 4.90 Å². The third-order valence-electron chi connectivity index (χ3n) is 5.79. The molecular weight excluding hydrogens is 387 g/mol. The summed E-state index contributed by atoms with van der Waals surface area (Å²) in [7, 11) is 0. The van der Waals surface area contributed by atoms with E-state index in [2.05, 4.69) is 25.8 Å². The highest BCUT2D eigenvalue weighted by Gasteiger charge is 2.20. The van der Waals surface area contributed by atoms with E-state index in [0.29, 0.717) is 4.84 Å². The topological polar surface area (TPSA) is 51.2 Å². The maximum absolute atomic E-state index is 13.5. The van der Waals surface area contributed by atoms with Gasteiger partial charge in [-0.3, -0.25) is 4.90 Å². The lowest BCUT2D eigenvalue weighted by molar-refractivity contribution is 0.255. The number of para-hydroxylation sites is 1. The van der Waals surface area contributed by atoms with Gasteiger partial charge in [-0.05, 0) is 67.5 Å². The van der Waals surface area contributed by atoms with E-state index in [9.17, 15) is 4.39 Å². The molecule has 7 heteroatoms. The van der Waals surface area contributed by atoms with Gasteiger partial charge in [0.25, 0.3) is 4.84 Å². The molecule has 5 rings (SSSR count). The molecule has 0 saturated carbocycles. The van der Waals surface area contributed by atoms with Crippen LogP contribution in [0.15, 0.2) is 47.0 Å². The van der Waals surface area contributed by atoms with Crippen molar-refractivity contribution in [1.29, 1.82) is 0 Å². The van der Waals surface area contributed by atoms with Gasteiger partial charge >= 0.3 is 0 Å². The zero-order chi connectivity index (χ0) is 19.8. The minimum atomic E-state index is -0.179. The molecule has 2 aromatic heterocycles. The first-order chi connectivity index (χ1) is 14.2. The molecule has 1 aliphatic rings. The zero-order valence-corrected chi connectivity index (χ0v) is 16.9. The molecule has 3 heterocycles. The Morgan fingerprint density at radius 2 is 1.93 bits per heavy atom. The second-order valence-corrected chi connectivity index (χ2v) is 7.98. The molecule has 2 aromatic carbocycles. The van der Waals surface area contributed by atoms with Crippen LogP contribution in [0.4, 0.5) is 10.1 Å². The Kier molecular flexibility index (Phi) is 4.85. The van der Waals surface area contributed by atoms with E-state index < -0.39 is 0 Å². The summed E-state index contributed by atoms with van der Waals surface area (Å²) in [6, 6.07) is 11.1. The van der Waals surface area contributed by atoms with Crippen LogP contribution in [0, 0.1) is 10.7 Å². The van der Waals surface area contributed by atoms with Crippen molar-refractivity contribution < 1.29 is 8.81 Å². The van der Waals surface area contributed by atoms with Crippen LogP contribution in [0.1, 0.15) is 12.0 Å². The molecular formula is C22H23FN4OS. The summed E-state index contributed by atoms with van der Waals surface area (Å²) in [5.41, 5.74) is 5.10. The summed E-state index contributed by atoms with van der Waals surface area (Å²) in [5.74, 6) is -0.179. The van der Waals surface area contributed by atoms with Gasteiger partial charge in [-0.15, -0.1) is 0 Å². The van der Waals surface area contributed by atoms with E-state index in [1.807, 2.05) is 18.3 Å². The van der Waals surface area contributed by atoms with Crippen LogP contribution in [-0.2, 0) is 6.42 Å². The van der Waals surface area contributed by atoms with Gasteiger partial charge in [-0.2, -0.15) is 0 Å². The zero-order valence-electron chi connectivity index (χ0n) is 16.1. The number of halogens is 1. The van der Waals surface area contributed by atoms with Crippen LogP contribution >= 0.6 is 12.2 Å². The highest BCUT2D eigenvalue weighted by molar-refractivity contribution is 7.71. The first kappa shape index (κ1) is 18.4. The minimum Gasteiger partial charge on any atom is -0.427 e. The van der Waals surface area contributed by atoms with Crippen LogP contribution in [0.2, 0.25) is 0 Å². The molecule has 5 nitrogen and oxygen atoms in total. The Balaban J connectivity index is 1.18. The molecule has 4 aromatic rings. The number of nitrogens with zero attached hydrogens (tertiary/aromatic N) is 2. The molecule has 2 N–H and O–H groups in total. The molecule has 29 heavy (non-hydrogen) atoms. The van der Waals surface area contributed by atoms with Crippen molar-refractivity contribution in [1.82, 2.24) is 14.9 Å². The number of rotatable bonds is 5. The molecule has 0 aliphatic carbocycles. The number of aromatic amines is 2. The first-order valence-corrected chi connectivity index (χ1v) is 10.4. The molecule has 0 radical (unpaired) electrons. The Hall–Kier alpha value is -2.64. The Morgan fingerprint density at radius 1 is 1.07 bits per heavy atom. The van der Waals surface area contributed by atoms with Crippen molar-refractivity contribution in [3.8, 4) is 0 Å². The smallest absolute Gasteiger partial charge is 0.266 e. The van der Waals surface area contributed by atoms with Crippen LogP contribution in [0.5, 0.6) is 0 Å². The molecule has 1 aliphatic heterocycles. The number of oxazole rings is 1. The van der Waals surface area contributed by atoms with E-state index in [1.54, 1.807) is 12.1 Å². The number of anilines is 1. The van der Waals surface area contributed by atoms with Gasteiger partial charge in [-0.25, -0.2) is 4.39 Å². The third-order valence-corrected chi connectivity index (χ3v) is 5.97. The van der Waals surface area contributed by atoms with Crippen molar-refractivity contribution >= 4 is 39.9 Å². The van der Waals surface area contributed by atoms with Gasteiger partial charge in [-0.1, -0.05) is 6.07 Å². The fourth-order valence-corrected chi connectivity index (χ4v) is 4.46. The van der Waals surface area contributed by atoms with Crippen molar-refractivity contribution in [2.45, 2.75) is 12.8 Å². The van der Waals surface area contributed by atoms with E-state index in [4.69, 9.17) is 16.6 Å². The highest BCUT2D eigenvalue weighted by atomic mass is 32.1. The number of hydrogen-bond donors (Lipinski definition) is 2. The Morgan fingerprint density at radius 3 is 2.79 bits per heavy atom. The van der Waals surface area contributed by atoms with Gasteiger partial charge < -0.3 is 19.3 Å². The Labute approximate surface area is 173 Å². The van der Waals surface area contributed by atoms with Crippen LogP contribution in [0.3, 0.4) is 0 Å². The van der Waals surface area contributed by atoms with Crippen molar-refractivity contribution in [2.75, 3.05) is 37.6 Å². The number of nitrogens with one attached hydrogen (secondary N) is 2. The van der Waals surface area contributed by atoms with Crippen LogP contribution in [-0.4, -0.2) is 47.6 Å². The van der Waals surface area contributed by atoms with Gasteiger partial charge in [0.2, 0.25) is 0 Å². The molecule has 150 valence electrons. The normalized spacial score (nSPS) is 15.6. The lowest BCUT2D eigenvalue weighted by Gasteiger charge is -2.36. The average molecular weight is 411 g/mol. The highest BCUT2D eigenvalue weighted by Crippen LogP contribution is 2.27. The van der Waals surface area contributed by atoms with Gasteiger partial charge in [0.05, 0.1) is 11.2 Å². The molecule has 0 atom stereocenters. The summed E-state index contributed by atoms with van der Waals surface area (Å²) in [5, 5.41) is 0.999. The second-order valence-electron chi connectivity index (χ2n) is 7.60. The average Bonchev–Trinajstić information content (AvgIpc) is 3.30. The number of benzene rings is 2. The maximum atomic E-state index is 13.5. The molecule has 0 unspecified atom stereocenters. The molecule has 0 bridgehead atoms. The lowest BCUT2D eigenvalue weighted by Crippen LogP contribution is -2.46. The number of aromatic nitrogens is 2. The van der Waals surface area contributed by atoms with E-state index in [1.165, 1.54) is 11.6 Å². The number of piperazine rings is 1. The lowest BCUT2D eigenvalue weighted by atomic mass is 10.1. The van der Waals surface area contributed by atoms with Gasteiger partial charge in [0, 0.05) is 43.3 Å². The summed E-state index contributed by atoms with van der Waals surface area (Å²) >= 11 is 5.14. The fourth-order valence-electron chi connectivity index (χ4n) is 4.27.